The Hall–Kier alpha value is -5.79. The quantitative estimate of drug-likeness (QED) is 0.135. The second kappa shape index (κ2) is 21.1. The number of esters is 5. The maximum Gasteiger partial charge on any atom is 0.352 e. The number of carbonyl (C=O) groups is 8. The van der Waals surface area contributed by atoms with Gasteiger partial charge in [0.25, 0.3) is 0 Å². The van der Waals surface area contributed by atoms with Crippen LogP contribution in [0.3, 0.4) is 0 Å². The van der Waals surface area contributed by atoms with Crippen LogP contribution >= 0.6 is 11.6 Å². The lowest BCUT2D eigenvalue weighted by atomic mass is 9.66. The average molecular weight is 879 g/mol. The molecule has 332 valence electrons. The van der Waals surface area contributed by atoms with Crippen LogP contribution in [0.5, 0.6) is 5.75 Å². The molecule has 2 heterocycles. The van der Waals surface area contributed by atoms with Gasteiger partial charge in [0, 0.05) is 56.5 Å². The van der Waals surface area contributed by atoms with Gasteiger partial charge in [-0.3, -0.25) is 33.6 Å². The zero-order valence-electron chi connectivity index (χ0n) is 33.9. The molecular formula is C41H47ClO19. The number of rotatable bonds is 19. The maximum atomic E-state index is 13.4. The first-order valence-electron chi connectivity index (χ1n) is 19.1. The lowest BCUT2D eigenvalue weighted by Gasteiger charge is -2.53. The molecule has 2 aliphatic heterocycles. The van der Waals surface area contributed by atoms with Crippen LogP contribution < -0.4 is 4.74 Å². The standard InChI is InChI=1S/C41H47ClO19/c1-6-54-27-10-7-24(8-11-27)13-25-14-26(9-12-31(25)42)41(56-19-33-37(57-21(3)44)38(58-22(4)45)39(40(53)60-33)59-23(5)46)30(17-36(51)52)28(15-34(47)48)29(16-35(49)50)32(61-41)18-55-20(2)43/h7-12,14,28-30,32-33,37-39H,6,13,15-19H2,1-5H3,(H,47,48)(H,49,50)(H,51,52)/t28-,29+,30+,32-,33+,37+,38-,39+,41+/m0/s1. The summed E-state index contributed by atoms with van der Waals surface area (Å²) in [4.78, 5) is 100.0. The van der Waals surface area contributed by atoms with Gasteiger partial charge in [-0.15, -0.1) is 0 Å². The molecule has 0 aromatic heterocycles. The minimum Gasteiger partial charge on any atom is -0.494 e. The first-order chi connectivity index (χ1) is 28.7. The fourth-order valence-electron chi connectivity index (χ4n) is 7.68. The monoisotopic (exact) mass is 878 g/mol. The predicted octanol–water partition coefficient (Wildman–Crippen LogP) is 3.45. The lowest BCUT2D eigenvalue weighted by molar-refractivity contribution is -0.355. The van der Waals surface area contributed by atoms with Gasteiger partial charge in [0.05, 0.1) is 32.2 Å². The highest BCUT2D eigenvalue weighted by Crippen LogP contribution is 2.53. The van der Waals surface area contributed by atoms with Gasteiger partial charge in [0.1, 0.15) is 12.4 Å². The molecule has 0 bridgehead atoms. The van der Waals surface area contributed by atoms with Gasteiger partial charge >= 0.3 is 47.8 Å². The predicted molar refractivity (Wildman–Crippen MR) is 205 cm³/mol. The topological polar surface area (TPSA) is 271 Å². The molecule has 0 saturated carbocycles. The molecule has 2 aromatic rings. The Morgan fingerprint density at radius 2 is 1.31 bits per heavy atom. The van der Waals surface area contributed by atoms with Gasteiger partial charge in [-0.1, -0.05) is 29.8 Å². The fourth-order valence-corrected chi connectivity index (χ4v) is 7.86. The van der Waals surface area contributed by atoms with Crippen LogP contribution in [0.1, 0.15) is 70.6 Å². The molecule has 9 atom stereocenters. The van der Waals surface area contributed by atoms with Crippen molar-refractivity contribution in [3.05, 3.63) is 64.2 Å². The van der Waals surface area contributed by atoms with E-state index in [0.29, 0.717) is 17.9 Å². The second-order valence-electron chi connectivity index (χ2n) is 14.4. The smallest absolute Gasteiger partial charge is 0.352 e. The van der Waals surface area contributed by atoms with E-state index in [1.54, 1.807) is 24.3 Å². The molecule has 4 rings (SSSR count). The summed E-state index contributed by atoms with van der Waals surface area (Å²) in [6.07, 6.45) is -10.9. The van der Waals surface area contributed by atoms with Gasteiger partial charge < -0.3 is 53.2 Å². The molecule has 0 spiro atoms. The number of hydrogen-bond donors (Lipinski definition) is 3. The lowest BCUT2D eigenvalue weighted by Crippen LogP contribution is -2.62. The van der Waals surface area contributed by atoms with Crippen molar-refractivity contribution in [1.82, 2.24) is 0 Å². The average Bonchev–Trinajstić information content (AvgIpc) is 3.15. The molecule has 0 unspecified atom stereocenters. The first kappa shape index (κ1) is 47.9. The van der Waals surface area contributed by atoms with Crippen molar-refractivity contribution in [2.45, 2.75) is 96.6 Å². The van der Waals surface area contributed by atoms with Crippen molar-refractivity contribution in [2.24, 2.45) is 17.8 Å². The number of ether oxygens (including phenoxy) is 8. The number of hydrogen-bond acceptors (Lipinski definition) is 16. The van der Waals surface area contributed by atoms with Crippen molar-refractivity contribution in [1.29, 1.82) is 0 Å². The molecule has 0 aliphatic carbocycles. The summed E-state index contributed by atoms with van der Waals surface area (Å²) >= 11 is 6.73. The molecule has 19 nitrogen and oxygen atoms in total. The van der Waals surface area contributed by atoms with Gasteiger partial charge in [-0.05, 0) is 54.7 Å². The molecule has 2 fully saturated rings. The molecule has 2 aliphatic rings. The summed E-state index contributed by atoms with van der Waals surface area (Å²) < 4.78 is 45.5. The third kappa shape index (κ3) is 12.6. The van der Waals surface area contributed by atoms with Crippen LogP contribution in [-0.2, 0) is 83.7 Å². The van der Waals surface area contributed by atoms with Gasteiger partial charge in [-0.25, -0.2) is 4.79 Å². The molecular weight excluding hydrogens is 832 g/mol. The van der Waals surface area contributed by atoms with Crippen molar-refractivity contribution < 1.29 is 91.6 Å². The summed E-state index contributed by atoms with van der Waals surface area (Å²) in [5.74, 6) is -15.4. The Bertz CT molecular complexity index is 1970. The number of cyclic esters (lactones) is 1. The Morgan fingerprint density at radius 3 is 1.87 bits per heavy atom. The zero-order valence-corrected chi connectivity index (χ0v) is 34.6. The van der Waals surface area contributed by atoms with Gasteiger partial charge in [-0.2, -0.15) is 0 Å². The van der Waals surface area contributed by atoms with Crippen LogP contribution in [0.25, 0.3) is 0 Å². The normalized spacial score (nSPS) is 25.9. The van der Waals surface area contributed by atoms with Crippen LogP contribution in [0.2, 0.25) is 5.02 Å². The Labute approximate surface area is 354 Å². The third-order valence-electron chi connectivity index (χ3n) is 9.95. The number of benzene rings is 2. The summed E-state index contributed by atoms with van der Waals surface area (Å²) in [6.45, 7) is 4.76. The maximum absolute atomic E-state index is 13.4. The van der Waals surface area contributed by atoms with Crippen LogP contribution in [0.4, 0.5) is 0 Å². The SMILES string of the molecule is CCOc1ccc(Cc2cc([C@@]3(OC[C@H]4OC(=O)[C@H](OC(C)=O)[C@@H](OC(C)=O)[C@@H]4OC(C)=O)O[C@@H](COC(C)=O)[C@H](CC(=O)O)[C@H](CC(=O)O)[C@H]3CC(=O)O)ccc2Cl)cc1. The van der Waals surface area contributed by atoms with Crippen molar-refractivity contribution in [2.75, 3.05) is 19.8 Å². The summed E-state index contributed by atoms with van der Waals surface area (Å²) in [5, 5.41) is 30.8. The van der Waals surface area contributed by atoms with Crippen LogP contribution in [-0.4, -0.2) is 113 Å². The molecule has 2 saturated heterocycles. The van der Waals surface area contributed by atoms with E-state index in [2.05, 4.69) is 0 Å². The Morgan fingerprint density at radius 1 is 0.721 bits per heavy atom. The number of halogens is 1. The molecule has 0 radical (unpaired) electrons. The summed E-state index contributed by atoms with van der Waals surface area (Å²) in [6, 6.07) is 11.4. The van der Waals surface area contributed by atoms with E-state index in [1.165, 1.54) is 18.2 Å². The summed E-state index contributed by atoms with van der Waals surface area (Å²) in [5.41, 5.74) is 1.21. The van der Waals surface area contributed by atoms with Crippen molar-refractivity contribution >= 4 is 59.4 Å². The molecule has 61 heavy (non-hydrogen) atoms. The largest absolute Gasteiger partial charge is 0.494 e. The molecule has 3 N–H and O–H groups in total. The van der Waals surface area contributed by atoms with E-state index < -0.39 is 134 Å². The Balaban J connectivity index is 1.98. The van der Waals surface area contributed by atoms with E-state index in [0.717, 1.165) is 33.3 Å². The number of carbonyl (C=O) groups excluding carboxylic acids is 5. The van der Waals surface area contributed by atoms with Crippen LogP contribution in [0.15, 0.2) is 42.5 Å². The van der Waals surface area contributed by atoms with Crippen molar-refractivity contribution in [3.8, 4) is 5.75 Å². The Kier molecular flexibility index (Phi) is 16.6. The van der Waals surface area contributed by atoms with Gasteiger partial charge in [0.2, 0.25) is 6.10 Å². The molecule has 0 amide bonds. The highest BCUT2D eigenvalue weighted by atomic mass is 35.5. The van der Waals surface area contributed by atoms with E-state index in [4.69, 9.17) is 49.5 Å². The van der Waals surface area contributed by atoms with Gasteiger partial charge in [0.15, 0.2) is 24.1 Å². The third-order valence-corrected chi connectivity index (χ3v) is 10.3. The van der Waals surface area contributed by atoms with Crippen molar-refractivity contribution in [3.63, 3.8) is 0 Å². The summed E-state index contributed by atoms with van der Waals surface area (Å²) in [7, 11) is 0. The number of aliphatic carboxylic acids is 3. The number of carboxylic acids is 3. The minimum atomic E-state index is -2.42. The highest BCUT2D eigenvalue weighted by molar-refractivity contribution is 6.31. The van der Waals surface area contributed by atoms with E-state index in [-0.39, 0.29) is 17.0 Å². The fraction of sp³-hybridized carbons (Fsp3) is 0.512. The zero-order chi connectivity index (χ0) is 45.2. The van der Waals surface area contributed by atoms with E-state index in [1.807, 2.05) is 6.92 Å². The number of carboxylic acid groups (broad SMARTS) is 3. The van der Waals surface area contributed by atoms with E-state index in [9.17, 15) is 53.7 Å². The first-order valence-corrected chi connectivity index (χ1v) is 19.5. The van der Waals surface area contributed by atoms with E-state index >= 15 is 0 Å². The molecule has 20 heteroatoms. The van der Waals surface area contributed by atoms with Crippen LogP contribution in [0, 0.1) is 17.8 Å². The highest BCUT2D eigenvalue weighted by Gasteiger charge is 2.59. The molecule has 2 aromatic carbocycles. The second-order valence-corrected chi connectivity index (χ2v) is 14.8. The minimum absolute atomic E-state index is 0.0292.